The highest BCUT2D eigenvalue weighted by molar-refractivity contribution is 5.94. The topological polar surface area (TPSA) is 51.0 Å². The van der Waals surface area contributed by atoms with E-state index in [0.29, 0.717) is 6.04 Å². The van der Waals surface area contributed by atoms with Gasteiger partial charge in [-0.2, -0.15) is 0 Å². The van der Waals surface area contributed by atoms with Crippen LogP contribution in [0.3, 0.4) is 0 Å². The molecule has 1 aliphatic rings. The second kappa shape index (κ2) is 7.04. The standard InChI is InChI=1S/C23H28N4O/c1-16-5-10-21-20(15-16)24-25-27(21)19-11-13-26(14-12-19)22(28)17-6-8-18(9-7-17)23(2,3)4/h5-10,15,19H,11-14H2,1-4H3. The van der Waals surface area contributed by atoms with Gasteiger partial charge in [0.25, 0.3) is 5.91 Å². The molecule has 0 spiro atoms. The summed E-state index contributed by atoms with van der Waals surface area (Å²) in [5, 5.41) is 8.70. The third kappa shape index (κ3) is 3.53. The van der Waals surface area contributed by atoms with E-state index in [9.17, 15) is 4.79 Å². The van der Waals surface area contributed by atoms with Crippen molar-refractivity contribution in [2.75, 3.05) is 13.1 Å². The molecule has 2 aromatic carbocycles. The summed E-state index contributed by atoms with van der Waals surface area (Å²) in [5.41, 5.74) is 5.33. The number of carbonyl (C=O) groups is 1. The quantitative estimate of drug-likeness (QED) is 0.661. The fourth-order valence-electron chi connectivity index (χ4n) is 3.93. The lowest BCUT2D eigenvalue weighted by atomic mass is 9.86. The Bertz CT molecular complexity index is 990. The van der Waals surface area contributed by atoms with Crippen LogP contribution in [-0.4, -0.2) is 38.9 Å². The van der Waals surface area contributed by atoms with E-state index in [-0.39, 0.29) is 11.3 Å². The fraction of sp³-hybridized carbons (Fsp3) is 0.435. The van der Waals surface area contributed by atoms with Crippen molar-refractivity contribution < 1.29 is 4.79 Å². The van der Waals surface area contributed by atoms with Crippen molar-refractivity contribution in [1.29, 1.82) is 0 Å². The molecule has 0 saturated carbocycles. The van der Waals surface area contributed by atoms with Crippen LogP contribution in [0.1, 0.15) is 61.1 Å². The second-order valence-corrected chi connectivity index (χ2v) is 8.88. The molecule has 2 heterocycles. The Morgan fingerprint density at radius 3 is 2.36 bits per heavy atom. The zero-order chi connectivity index (χ0) is 19.9. The molecule has 5 heteroatoms. The third-order valence-electron chi connectivity index (χ3n) is 5.72. The molecular formula is C23H28N4O. The Kier molecular flexibility index (Phi) is 4.69. The van der Waals surface area contributed by atoms with E-state index in [1.807, 2.05) is 21.7 Å². The lowest BCUT2D eigenvalue weighted by Crippen LogP contribution is -2.39. The van der Waals surface area contributed by atoms with E-state index in [1.54, 1.807) is 0 Å². The number of carbonyl (C=O) groups excluding carboxylic acids is 1. The molecule has 4 rings (SSSR count). The van der Waals surface area contributed by atoms with Gasteiger partial charge in [0, 0.05) is 18.7 Å². The molecule has 0 N–H and O–H groups in total. The van der Waals surface area contributed by atoms with Crippen LogP contribution in [0.25, 0.3) is 11.0 Å². The van der Waals surface area contributed by atoms with Crippen molar-refractivity contribution in [3.05, 3.63) is 59.2 Å². The summed E-state index contributed by atoms with van der Waals surface area (Å²) in [6.07, 6.45) is 1.80. The predicted molar refractivity (Wildman–Crippen MR) is 112 cm³/mol. The highest BCUT2D eigenvalue weighted by atomic mass is 16.2. The van der Waals surface area contributed by atoms with Crippen LogP contribution in [0.15, 0.2) is 42.5 Å². The number of likely N-dealkylation sites (tertiary alicyclic amines) is 1. The number of rotatable bonds is 2. The fourth-order valence-corrected chi connectivity index (χ4v) is 3.93. The van der Waals surface area contributed by atoms with E-state index in [0.717, 1.165) is 42.5 Å². The Labute approximate surface area is 166 Å². The van der Waals surface area contributed by atoms with Crippen LogP contribution in [-0.2, 0) is 5.41 Å². The molecule has 146 valence electrons. The average molecular weight is 377 g/mol. The number of aromatic nitrogens is 3. The van der Waals surface area contributed by atoms with E-state index in [2.05, 4.69) is 68.3 Å². The van der Waals surface area contributed by atoms with Crippen molar-refractivity contribution in [1.82, 2.24) is 19.9 Å². The first kappa shape index (κ1) is 18.7. The number of hydrogen-bond donors (Lipinski definition) is 0. The molecule has 28 heavy (non-hydrogen) atoms. The van der Waals surface area contributed by atoms with E-state index in [1.165, 1.54) is 11.1 Å². The zero-order valence-electron chi connectivity index (χ0n) is 17.1. The molecule has 0 unspecified atom stereocenters. The molecule has 1 saturated heterocycles. The molecule has 0 atom stereocenters. The summed E-state index contributed by atoms with van der Waals surface area (Å²) in [6.45, 7) is 10.1. The summed E-state index contributed by atoms with van der Waals surface area (Å²) < 4.78 is 2.04. The van der Waals surface area contributed by atoms with Crippen LogP contribution in [0, 0.1) is 6.92 Å². The average Bonchev–Trinajstić information content (AvgIpc) is 3.10. The van der Waals surface area contributed by atoms with Gasteiger partial charge in [0.1, 0.15) is 5.52 Å². The van der Waals surface area contributed by atoms with Gasteiger partial charge in [-0.3, -0.25) is 4.79 Å². The van der Waals surface area contributed by atoms with Gasteiger partial charge in [-0.15, -0.1) is 5.10 Å². The van der Waals surface area contributed by atoms with Gasteiger partial charge < -0.3 is 4.90 Å². The van der Waals surface area contributed by atoms with Gasteiger partial charge in [0.05, 0.1) is 11.6 Å². The van der Waals surface area contributed by atoms with Gasteiger partial charge in [-0.25, -0.2) is 4.68 Å². The molecule has 0 radical (unpaired) electrons. The minimum absolute atomic E-state index is 0.0963. The molecule has 5 nitrogen and oxygen atoms in total. The first-order valence-corrected chi connectivity index (χ1v) is 10.0. The smallest absolute Gasteiger partial charge is 0.253 e. The van der Waals surface area contributed by atoms with Crippen molar-refractivity contribution in [2.24, 2.45) is 0 Å². The Hall–Kier alpha value is -2.69. The number of amides is 1. The summed E-state index contributed by atoms with van der Waals surface area (Å²) in [4.78, 5) is 14.9. The van der Waals surface area contributed by atoms with Crippen molar-refractivity contribution in [3.8, 4) is 0 Å². The summed E-state index contributed by atoms with van der Waals surface area (Å²) in [5.74, 6) is 0.123. The van der Waals surface area contributed by atoms with Crippen molar-refractivity contribution in [3.63, 3.8) is 0 Å². The molecule has 0 aliphatic carbocycles. The Balaban J connectivity index is 1.44. The summed E-state index contributed by atoms with van der Waals surface area (Å²) in [7, 11) is 0. The molecule has 1 fully saturated rings. The SMILES string of the molecule is Cc1ccc2c(c1)nnn2C1CCN(C(=O)c2ccc(C(C)(C)C)cc2)CC1. The summed E-state index contributed by atoms with van der Waals surface area (Å²) in [6, 6.07) is 14.6. The maximum atomic E-state index is 12.9. The van der Waals surface area contributed by atoms with Crippen LogP contribution in [0.2, 0.25) is 0 Å². The van der Waals surface area contributed by atoms with Gasteiger partial charge in [-0.1, -0.05) is 44.2 Å². The monoisotopic (exact) mass is 376 g/mol. The highest BCUT2D eigenvalue weighted by Crippen LogP contribution is 2.27. The lowest BCUT2D eigenvalue weighted by Gasteiger charge is -2.32. The first-order chi connectivity index (χ1) is 13.3. The van der Waals surface area contributed by atoms with Crippen molar-refractivity contribution >= 4 is 16.9 Å². The second-order valence-electron chi connectivity index (χ2n) is 8.88. The number of nitrogens with zero attached hydrogens (tertiary/aromatic N) is 4. The maximum Gasteiger partial charge on any atom is 0.253 e. The molecule has 0 bridgehead atoms. The van der Waals surface area contributed by atoms with Crippen LogP contribution >= 0.6 is 0 Å². The molecule has 1 amide bonds. The zero-order valence-corrected chi connectivity index (χ0v) is 17.1. The summed E-state index contributed by atoms with van der Waals surface area (Å²) >= 11 is 0. The minimum atomic E-state index is 0.0963. The van der Waals surface area contributed by atoms with Crippen LogP contribution in [0.4, 0.5) is 0 Å². The molecular weight excluding hydrogens is 348 g/mol. The van der Waals surface area contributed by atoms with E-state index < -0.39 is 0 Å². The van der Waals surface area contributed by atoms with Crippen LogP contribution in [0.5, 0.6) is 0 Å². The largest absolute Gasteiger partial charge is 0.338 e. The van der Waals surface area contributed by atoms with E-state index >= 15 is 0 Å². The first-order valence-electron chi connectivity index (χ1n) is 10.0. The lowest BCUT2D eigenvalue weighted by molar-refractivity contribution is 0.0691. The third-order valence-corrected chi connectivity index (χ3v) is 5.72. The number of aryl methyl sites for hydroxylation is 1. The normalized spacial score (nSPS) is 15.9. The Morgan fingerprint density at radius 1 is 1.04 bits per heavy atom. The number of piperidine rings is 1. The Morgan fingerprint density at radius 2 is 1.71 bits per heavy atom. The van der Waals surface area contributed by atoms with Crippen molar-refractivity contribution in [2.45, 2.75) is 52.0 Å². The van der Waals surface area contributed by atoms with Gasteiger partial charge >= 0.3 is 0 Å². The molecule has 3 aromatic rings. The number of fused-ring (bicyclic) bond motifs is 1. The van der Waals surface area contributed by atoms with Gasteiger partial charge in [0.15, 0.2) is 0 Å². The molecule has 1 aliphatic heterocycles. The van der Waals surface area contributed by atoms with Gasteiger partial charge in [0.2, 0.25) is 0 Å². The van der Waals surface area contributed by atoms with Gasteiger partial charge in [-0.05, 0) is 60.6 Å². The number of benzene rings is 2. The maximum absolute atomic E-state index is 12.9. The molecule has 1 aromatic heterocycles. The highest BCUT2D eigenvalue weighted by Gasteiger charge is 2.26. The number of hydrogen-bond acceptors (Lipinski definition) is 3. The van der Waals surface area contributed by atoms with E-state index in [4.69, 9.17) is 0 Å². The van der Waals surface area contributed by atoms with Crippen LogP contribution < -0.4 is 0 Å². The predicted octanol–water partition coefficient (Wildman–Crippen LogP) is 4.51. The minimum Gasteiger partial charge on any atom is -0.338 e.